The Labute approximate surface area is 146 Å². The lowest BCUT2D eigenvalue weighted by Gasteiger charge is -2.25. The number of carbonyl (C=O) groups is 1. The number of hydrogen-bond acceptors (Lipinski definition) is 4. The molecule has 1 saturated carbocycles. The number of nitrogens with two attached hydrogens (primary N) is 1. The maximum absolute atomic E-state index is 12.5. The summed E-state index contributed by atoms with van der Waals surface area (Å²) in [5.74, 6) is 0.0600. The SMILES string of the molecule is Cc1nc(-c2ccc(NC(=O)C3(CN)CCCC3)cc2)cs1.Cl. The summed E-state index contributed by atoms with van der Waals surface area (Å²) < 4.78 is 0. The molecule has 3 rings (SSSR count). The van der Waals surface area contributed by atoms with Crippen molar-refractivity contribution in [3.05, 3.63) is 34.7 Å². The third-order valence-corrected chi connectivity index (χ3v) is 5.26. The number of nitrogens with zero attached hydrogens (tertiary/aromatic N) is 1. The number of amides is 1. The zero-order valence-electron chi connectivity index (χ0n) is 13.2. The van der Waals surface area contributed by atoms with Gasteiger partial charge in [0.2, 0.25) is 5.91 Å². The molecule has 0 spiro atoms. The minimum atomic E-state index is -0.370. The molecule has 3 N–H and O–H groups in total. The van der Waals surface area contributed by atoms with Crippen LogP contribution in [0.15, 0.2) is 29.6 Å². The fourth-order valence-electron chi connectivity index (χ4n) is 3.06. The first-order valence-electron chi connectivity index (χ1n) is 7.67. The van der Waals surface area contributed by atoms with Crippen LogP contribution in [0, 0.1) is 12.3 Å². The zero-order valence-corrected chi connectivity index (χ0v) is 14.8. The van der Waals surface area contributed by atoms with Crippen molar-refractivity contribution >= 4 is 35.3 Å². The highest BCUT2D eigenvalue weighted by Crippen LogP contribution is 2.38. The third-order valence-electron chi connectivity index (χ3n) is 4.49. The smallest absolute Gasteiger partial charge is 0.231 e. The van der Waals surface area contributed by atoms with Crippen LogP contribution in [-0.4, -0.2) is 17.4 Å². The fraction of sp³-hybridized carbons (Fsp3) is 0.412. The van der Waals surface area contributed by atoms with Gasteiger partial charge in [0, 0.05) is 23.2 Å². The van der Waals surface area contributed by atoms with Crippen LogP contribution in [0.5, 0.6) is 0 Å². The van der Waals surface area contributed by atoms with Crippen LogP contribution >= 0.6 is 23.7 Å². The average Bonchev–Trinajstić information content (AvgIpc) is 3.17. The van der Waals surface area contributed by atoms with Gasteiger partial charge in [-0.2, -0.15) is 0 Å². The molecule has 1 aliphatic rings. The summed E-state index contributed by atoms with van der Waals surface area (Å²) in [5.41, 5.74) is 8.35. The van der Waals surface area contributed by atoms with E-state index in [1.54, 1.807) is 11.3 Å². The highest BCUT2D eigenvalue weighted by atomic mass is 35.5. The Bertz CT molecular complexity index is 663. The van der Waals surface area contributed by atoms with Gasteiger partial charge in [0.05, 0.1) is 16.1 Å². The van der Waals surface area contributed by atoms with E-state index in [-0.39, 0.29) is 23.7 Å². The Morgan fingerprint density at radius 2 is 1.96 bits per heavy atom. The summed E-state index contributed by atoms with van der Waals surface area (Å²) in [6.45, 7) is 2.42. The van der Waals surface area contributed by atoms with Gasteiger partial charge in [-0.15, -0.1) is 23.7 Å². The number of thiazole rings is 1. The Morgan fingerprint density at radius 3 is 2.48 bits per heavy atom. The van der Waals surface area contributed by atoms with Gasteiger partial charge >= 0.3 is 0 Å². The lowest BCUT2D eigenvalue weighted by molar-refractivity contribution is -0.124. The number of anilines is 1. The van der Waals surface area contributed by atoms with Gasteiger partial charge in [-0.05, 0) is 31.9 Å². The molecule has 1 aromatic heterocycles. The lowest BCUT2D eigenvalue weighted by atomic mass is 9.85. The maximum atomic E-state index is 12.5. The van der Waals surface area contributed by atoms with Crippen molar-refractivity contribution < 1.29 is 4.79 Å². The van der Waals surface area contributed by atoms with Crippen molar-refractivity contribution in [2.24, 2.45) is 11.1 Å². The first kappa shape index (κ1) is 17.9. The Morgan fingerprint density at radius 1 is 1.30 bits per heavy atom. The summed E-state index contributed by atoms with van der Waals surface area (Å²) in [6.07, 6.45) is 3.97. The molecule has 4 nitrogen and oxygen atoms in total. The fourth-order valence-corrected chi connectivity index (χ4v) is 3.68. The van der Waals surface area contributed by atoms with Gasteiger partial charge in [-0.1, -0.05) is 25.0 Å². The number of carbonyl (C=O) groups excluding carboxylic acids is 1. The number of hydrogen-bond donors (Lipinski definition) is 2. The summed E-state index contributed by atoms with van der Waals surface area (Å²) in [6, 6.07) is 7.85. The molecular formula is C17H22ClN3OS. The van der Waals surface area contributed by atoms with Gasteiger partial charge in [0.1, 0.15) is 0 Å². The molecule has 0 atom stereocenters. The second-order valence-corrected chi connectivity index (χ2v) is 7.04. The standard InChI is InChI=1S/C17H21N3OS.ClH/c1-12-19-15(10-22-12)13-4-6-14(7-5-13)20-16(21)17(11-18)8-2-3-9-17;/h4-7,10H,2-3,8-9,11,18H2,1H3,(H,20,21);1H. The van der Waals surface area contributed by atoms with Gasteiger partial charge in [0.15, 0.2) is 0 Å². The quantitative estimate of drug-likeness (QED) is 0.874. The van der Waals surface area contributed by atoms with Gasteiger partial charge in [0.25, 0.3) is 0 Å². The third kappa shape index (κ3) is 3.74. The maximum Gasteiger partial charge on any atom is 0.231 e. The van der Waals surface area contributed by atoms with E-state index in [9.17, 15) is 4.79 Å². The van der Waals surface area contributed by atoms with Crippen LogP contribution in [0.2, 0.25) is 0 Å². The molecule has 0 unspecified atom stereocenters. The highest BCUT2D eigenvalue weighted by Gasteiger charge is 2.39. The van der Waals surface area contributed by atoms with Gasteiger partial charge in [-0.3, -0.25) is 4.79 Å². The second kappa shape index (κ2) is 7.43. The topological polar surface area (TPSA) is 68.0 Å². The molecule has 1 aromatic carbocycles. The Hall–Kier alpha value is -1.43. The van der Waals surface area contributed by atoms with Crippen LogP contribution in [0.4, 0.5) is 5.69 Å². The summed E-state index contributed by atoms with van der Waals surface area (Å²) in [5, 5.41) is 6.12. The summed E-state index contributed by atoms with van der Waals surface area (Å²) in [4.78, 5) is 17.0. The van der Waals surface area contributed by atoms with Gasteiger partial charge in [-0.25, -0.2) is 4.98 Å². The van der Waals surface area contributed by atoms with Crippen LogP contribution in [0.25, 0.3) is 11.3 Å². The molecule has 0 saturated heterocycles. The molecule has 23 heavy (non-hydrogen) atoms. The average molecular weight is 352 g/mol. The van der Waals surface area contributed by atoms with E-state index >= 15 is 0 Å². The highest BCUT2D eigenvalue weighted by molar-refractivity contribution is 7.09. The van der Waals surface area contributed by atoms with Crippen molar-refractivity contribution in [3.63, 3.8) is 0 Å². The molecule has 0 radical (unpaired) electrons. The van der Waals surface area contributed by atoms with Gasteiger partial charge < -0.3 is 11.1 Å². The lowest BCUT2D eigenvalue weighted by Crippen LogP contribution is -2.40. The number of halogens is 1. The van der Waals surface area contributed by atoms with E-state index in [4.69, 9.17) is 5.73 Å². The molecule has 0 bridgehead atoms. The Balaban J connectivity index is 0.00000192. The first-order valence-corrected chi connectivity index (χ1v) is 8.55. The largest absolute Gasteiger partial charge is 0.329 e. The molecule has 1 amide bonds. The normalized spacial score (nSPS) is 15.9. The molecule has 1 aliphatic carbocycles. The number of rotatable bonds is 4. The first-order chi connectivity index (χ1) is 10.6. The number of aromatic nitrogens is 1. The molecule has 6 heteroatoms. The number of benzene rings is 1. The molecule has 1 heterocycles. The van der Waals surface area contributed by atoms with Crippen LogP contribution in [0.1, 0.15) is 30.7 Å². The van der Waals surface area contributed by atoms with Crippen molar-refractivity contribution in [3.8, 4) is 11.3 Å². The van der Waals surface area contributed by atoms with E-state index in [0.29, 0.717) is 6.54 Å². The number of aryl methyl sites for hydroxylation is 1. The van der Waals surface area contributed by atoms with Crippen molar-refractivity contribution in [2.75, 3.05) is 11.9 Å². The van der Waals surface area contributed by atoms with Crippen molar-refractivity contribution in [1.29, 1.82) is 0 Å². The van der Waals surface area contributed by atoms with Crippen LogP contribution in [0.3, 0.4) is 0 Å². The minimum absolute atomic E-state index is 0. The summed E-state index contributed by atoms with van der Waals surface area (Å²) in [7, 11) is 0. The molecule has 0 aliphatic heterocycles. The predicted molar refractivity (Wildman–Crippen MR) is 98.1 cm³/mol. The summed E-state index contributed by atoms with van der Waals surface area (Å²) >= 11 is 1.64. The van der Waals surface area contributed by atoms with E-state index in [0.717, 1.165) is 47.6 Å². The predicted octanol–water partition coefficient (Wildman–Crippen LogP) is 4.00. The van der Waals surface area contributed by atoms with E-state index < -0.39 is 0 Å². The van der Waals surface area contributed by atoms with Crippen molar-refractivity contribution in [1.82, 2.24) is 4.98 Å². The molecular weight excluding hydrogens is 330 g/mol. The monoisotopic (exact) mass is 351 g/mol. The Kier molecular flexibility index (Phi) is 5.79. The van der Waals surface area contributed by atoms with E-state index in [1.807, 2.05) is 36.6 Å². The second-order valence-electron chi connectivity index (χ2n) is 5.97. The molecule has 1 fully saturated rings. The van der Waals surface area contributed by atoms with E-state index in [2.05, 4.69) is 10.3 Å². The molecule has 124 valence electrons. The van der Waals surface area contributed by atoms with Crippen LogP contribution in [-0.2, 0) is 4.79 Å². The molecule has 2 aromatic rings. The minimum Gasteiger partial charge on any atom is -0.329 e. The number of nitrogens with one attached hydrogen (secondary N) is 1. The van der Waals surface area contributed by atoms with Crippen LogP contribution < -0.4 is 11.1 Å². The van der Waals surface area contributed by atoms with E-state index in [1.165, 1.54) is 0 Å². The van der Waals surface area contributed by atoms with Crippen molar-refractivity contribution in [2.45, 2.75) is 32.6 Å². The zero-order chi connectivity index (χ0) is 15.6.